The molecule has 0 aliphatic rings. The van der Waals surface area contributed by atoms with E-state index in [9.17, 15) is 8.42 Å². The molecule has 0 aliphatic heterocycles. The maximum absolute atomic E-state index is 11.4. The van der Waals surface area contributed by atoms with Crippen LogP contribution in [0.5, 0.6) is 11.8 Å². The fourth-order valence-corrected chi connectivity index (χ4v) is 2.30. The summed E-state index contributed by atoms with van der Waals surface area (Å²) in [5.41, 5.74) is 1.34. The molecule has 0 amide bonds. The third-order valence-corrected chi connectivity index (χ3v) is 3.69. The number of benzene rings is 1. The van der Waals surface area contributed by atoms with Gasteiger partial charge in [0.15, 0.2) is 0 Å². The van der Waals surface area contributed by atoms with Gasteiger partial charge in [-0.15, -0.1) is 0 Å². The van der Waals surface area contributed by atoms with Crippen molar-refractivity contribution >= 4 is 10.0 Å². The van der Waals surface area contributed by atoms with Crippen LogP contribution in [0.2, 0.25) is 0 Å². The van der Waals surface area contributed by atoms with E-state index in [-0.39, 0.29) is 6.01 Å². The van der Waals surface area contributed by atoms with Crippen molar-refractivity contribution < 1.29 is 13.2 Å². The first kappa shape index (κ1) is 14.2. The summed E-state index contributed by atoms with van der Waals surface area (Å²) in [4.78, 5) is 7.94. The third kappa shape index (κ3) is 3.12. The third-order valence-electron chi connectivity index (χ3n) is 2.81. The van der Waals surface area contributed by atoms with Crippen molar-refractivity contribution in [1.82, 2.24) is 19.2 Å². The minimum atomic E-state index is -3.37. The Hall–Kier alpha value is -2.74. The predicted octanol–water partition coefficient (Wildman–Crippen LogP) is 1.94. The van der Waals surface area contributed by atoms with Gasteiger partial charge in [0.2, 0.25) is 0 Å². The number of rotatable bonds is 4. The molecule has 2 aromatic heterocycles. The summed E-state index contributed by atoms with van der Waals surface area (Å²) >= 11 is 0. The minimum absolute atomic E-state index is 0.261. The summed E-state index contributed by atoms with van der Waals surface area (Å²) in [6.45, 7) is 0. The highest BCUT2D eigenvalue weighted by atomic mass is 32.2. The van der Waals surface area contributed by atoms with E-state index in [1.807, 2.05) is 0 Å². The van der Waals surface area contributed by atoms with E-state index >= 15 is 0 Å². The average Bonchev–Trinajstić information content (AvgIpc) is 2.99. The molecule has 0 saturated carbocycles. The van der Waals surface area contributed by atoms with Gasteiger partial charge in [0, 0.05) is 24.2 Å². The normalized spacial score (nSPS) is 11.3. The molecule has 3 rings (SSSR count). The summed E-state index contributed by atoms with van der Waals surface area (Å²) in [5.74, 6) is 0.581. The van der Waals surface area contributed by atoms with E-state index in [0.717, 1.165) is 15.9 Å². The Bertz CT molecular complexity index is 874. The van der Waals surface area contributed by atoms with Crippen LogP contribution < -0.4 is 4.74 Å². The summed E-state index contributed by atoms with van der Waals surface area (Å²) in [7, 11) is -3.37. The Labute approximate surface area is 127 Å². The highest BCUT2D eigenvalue weighted by molar-refractivity contribution is 7.89. The summed E-state index contributed by atoms with van der Waals surface area (Å²) in [5, 5.41) is 4.03. The standard InChI is InChI=1S/C14H12N4O3S/c1-22(19,20)18-10-7-13(17-18)11-3-5-12(6-4-11)21-14-15-8-2-9-16-14/h2-10H,1H3. The lowest BCUT2D eigenvalue weighted by Crippen LogP contribution is -2.10. The summed E-state index contributed by atoms with van der Waals surface area (Å²) in [6.07, 6.45) is 5.69. The van der Waals surface area contributed by atoms with E-state index < -0.39 is 10.0 Å². The molecule has 0 atom stereocenters. The summed E-state index contributed by atoms with van der Waals surface area (Å²) < 4.78 is 29.2. The first-order valence-corrected chi connectivity index (χ1v) is 8.19. The smallest absolute Gasteiger partial charge is 0.321 e. The van der Waals surface area contributed by atoms with Crippen LogP contribution in [0.25, 0.3) is 11.3 Å². The van der Waals surface area contributed by atoms with Crippen molar-refractivity contribution in [3.8, 4) is 23.0 Å². The number of hydrogen-bond acceptors (Lipinski definition) is 6. The fraction of sp³-hybridized carbons (Fsp3) is 0.0714. The second-order valence-electron chi connectivity index (χ2n) is 4.49. The van der Waals surface area contributed by atoms with Gasteiger partial charge in [-0.05, 0) is 36.4 Å². The van der Waals surface area contributed by atoms with Crippen molar-refractivity contribution in [2.45, 2.75) is 0 Å². The number of nitrogens with zero attached hydrogens (tertiary/aromatic N) is 4. The van der Waals surface area contributed by atoms with Crippen molar-refractivity contribution in [1.29, 1.82) is 0 Å². The molecule has 0 N–H and O–H groups in total. The molecule has 0 spiro atoms. The van der Waals surface area contributed by atoms with Crippen LogP contribution in [0.4, 0.5) is 0 Å². The Morgan fingerprint density at radius 3 is 2.32 bits per heavy atom. The zero-order valence-electron chi connectivity index (χ0n) is 11.6. The molecule has 0 aliphatic carbocycles. The zero-order chi connectivity index (χ0) is 15.6. The van der Waals surface area contributed by atoms with E-state index in [2.05, 4.69) is 15.1 Å². The molecule has 0 fully saturated rings. The molecule has 0 bridgehead atoms. The van der Waals surface area contributed by atoms with Crippen molar-refractivity contribution in [3.05, 3.63) is 55.0 Å². The number of hydrogen-bond donors (Lipinski definition) is 0. The Kier molecular flexibility index (Phi) is 3.60. The lowest BCUT2D eigenvalue weighted by Gasteiger charge is -2.03. The second-order valence-corrected chi connectivity index (χ2v) is 6.33. The molecule has 0 radical (unpaired) electrons. The van der Waals surface area contributed by atoms with E-state index in [1.165, 1.54) is 6.20 Å². The molecule has 112 valence electrons. The molecular formula is C14H12N4O3S. The van der Waals surface area contributed by atoms with Crippen LogP contribution in [-0.4, -0.2) is 33.8 Å². The van der Waals surface area contributed by atoms with Gasteiger partial charge < -0.3 is 4.74 Å². The highest BCUT2D eigenvalue weighted by Gasteiger charge is 2.09. The van der Waals surface area contributed by atoms with Crippen LogP contribution in [0.15, 0.2) is 55.0 Å². The topological polar surface area (TPSA) is 87.0 Å². The molecule has 8 heteroatoms. The van der Waals surface area contributed by atoms with Crippen LogP contribution in [0, 0.1) is 0 Å². The monoisotopic (exact) mass is 316 g/mol. The number of aromatic nitrogens is 4. The maximum Gasteiger partial charge on any atom is 0.321 e. The van der Waals surface area contributed by atoms with Gasteiger partial charge in [0.25, 0.3) is 10.0 Å². The van der Waals surface area contributed by atoms with Gasteiger partial charge in [0.1, 0.15) is 5.75 Å². The molecule has 0 unspecified atom stereocenters. The van der Waals surface area contributed by atoms with Gasteiger partial charge in [-0.1, -0.05) is 0 Å². The van der Waals surface area contributed by atoms with E-state index in [4.69, 9.17) is 4.74 Å². The molecule has 0 saturated heterocycles. The largest absolute Gasteiger partial charge is 0.424 e. The first-order valence-electron chi connectivity index (χ1n) is 6.34. The average molecular weight is 316 g/mol. The van der Waals surface area contributed by atoms with Gasteiger partial charge in [-0.3, -0.25) is 0 Å². The molecular weight excluding hydrogens is 304 g/mol. The Morgan fingerprint density at radius 1 is 1.05 bits per heavy atom. The van der Waals surface area contributed by atoms with E-state index in [0.29, 0.717) is 11.4 Å². The molecule has 2 heterocycles. The molecule has 7 nitrogen and oxygen atoms in total. The molecule has 1 aromatic carbocycles. The quantitative estimate of drug-likeness (QED) is 0.731. The van der Waals surface area contributed by atoms with Gasteiger partial charge in [-0.25, -0.2) is 18.4 Å². The first-order chi connectivity index (χ1) is 10.5. The van der Waals surface area contributed by atoms with E-state index in [1.54, 1.807) is 48.8 Å². The highest BCUT2D eigenvalue weighted by Crippen LogP contribution is 2.23. The predicted molar refractivity (Wildman–Crippen MR) is 80.0 cm³/mol. The Balaban J connectivity index is 1.81. The SMILES string of the molecule is CS(=O)(=O)n1ccc(-c2ccc(Oc3ncccn3)cc2)n1. The lowest BCUT2D eigenvalue weighted by atomic mass is 10.1. The lowest BCUT2D eigenvalue weighted by molar-refractivity contribution is 0.442. The zero-order valence-corrected chi connectivity index (χ0v) is 12.4. The molecule has 3 aromatic rings. The second kappa shape index (κ2) is 5.57. The van der Waals surface area contributed by atoms with Crippen LogP contribution in [0.3, 0.4) is 0 Å². The van der Waals surface area contributed by atoms with Crippen LogP contribution >= 0.6 is 0 Å². The fourth-order valence-electron chi connectivity index (χ4n) is 1.78. The van der Waals surface area contributed by atoms with Gasteiger partial charge >= 0.3 is 6.01 Å². The van der Waals surface area contributed by atoms with Crippen molar-refractivity contribution in [2.75, 3.05) is 6.26 Å². The van der Waals surface area contributed by atoms with Crippen LogP contribution in [0.1, 0.15) is 0 Å². The summed E-state index contributed by atoms with van der Waals surface area (Å²) in [6, 6.07) is 10.7. The van der Waals surface area contributed by atoms with Crippen molar-refractivity contribution in [2.24, 2.45) is 0 Å². The maximum atomic E-state index is 11.4. The number of ether oxygens (including phenoxy) is 1. The van der Waals surface area contributed by atoms with Crippen LogP contribution in [-0.2, 0) is 10.0 Å². The minimum Gasteiger partial charge on any atom is -0.424 e. The Morgan fingerprint density at radius 2 is 1.73 bits per heavy atom. The van der Waals surface area contributed by atoms with Crippen molar-refractivity contribution in [3.63, 3.8) is 0 Å². The van der Waals surface area contributed by atoms with Gasteiger partial charge in [-0.2, -0.15) is 9.19 Å². The molecule has 22 heavy (non-hydrogen) atoms. The van der Waals surface area contributed by atoms with Gasteiger partial charge in [0.05, 0.1) is 11.9 Å².